The first-order valence-corrected chi connectivity index (χ1v) is 5.92. The van der Waals surface area contributed by atoms with Gasteiger partial charge in [0, 0.05) is 12.7 Å². The summed E-state index contributed by atoms with van der Waals surface area (Å²) < 4.78 is 38.3. The van der Waals surface area contributed by atoms with Gasteiger partial charge in [-0.2, -0.15) is 13.2 Å². The van der Waals surface area contributed by atoms with Crippen molar-refractivity contribution in [1.29, 1.82) is 0 Å². The van der Waals surface area contributed by atoms with Crippen LogP contribution in [0.2, 0.25) is 0 Å². The van der Waals surface area contributed by atoms with E-state index >= 15 is 0 Å². The number of nitrogens with zero attached hydrogens (tertiary/aromatic N) is 2. The van der Waals surface area contributed by atoms with Crippen LogP contribution in [0.4, 0.5) is 30.5 Å². The quantitative estimate of drug-likeness (QED) is 0.911. The normalized spacial score (nSPS) is 11.4. The molecule has 0 aliphatic carbocycles. The monoisotopic (exact) mass is 281 g/mol. The molecule has 1 aromatic heterocycles. The van der Waals surface area contributed by atoms with E-state index in [1.807, 2.05) is 25.1 Å². The fourth-order valence-electron chi connectivity index (χ4n) is 1.84. The predicted octanol–water partition coefficient (Wildman–Crippen LogP) is 3.76. The largest absolute Gasteiger partial charge is 0.416 e. The smallest absolute Gasteiger partial charge is 0.384 e. The van der Waals surface area contributed by atoms with E-state index in [2.05, 4.69) is 4.98 Å². The van der Waals surface area contributed by atoms with Crippen LogP contribution in [0.5, 0.6) is 0 Å². The number of anilines is 3. The highest BCUT2D eigenvalue weighted by atomic mass is 19.4. The molecule has 0 amide bonds. The first kappa shape index (κ1) is 14.2. The summed E-state index contributed by atoms with van der Waals surface area (Å²) in [6.45, 7) is 1.91. The van der Waals surface area contributed by atoms with E-state index in [-0.39, 0.29) is 11.6 Å². The fraction of sp³-hybridized carbons (Fsp3) is 0.214. The van der Waals surface area contributed by atoms with E-state index in [4.69, 9.17) is 5.73 Å². The zero-order valence-electron chi connectivity index (χ0n) is 11.1. The average Bonchev–Trinajstić information content (AvgIpc) is 2.36. The van der Waals surface area contributed by atoms with Crippen molar-refractivity contribution in [2.24, 2.45) is 0 Å². The van der Waals surface area contributed by atoms with Gasteiger partial charge < -0.3 is 10.6 Å². The van der Waals surface area contributed by atoms with Gasteiger partial charge in [-0.3, -0.25) is 0 Å². The molecule has 20 heavy (non-hydrogen) atoms. The van der Waals surface area contributed by atoms with E-state index in [1.165, 1.54) is 0 Å². The number of aromatic nitrogens is 1. The van der Waals surface area contributed by atoms with Crippen LogP contribution in [0.25, 0.3) is 0 Å². The van der Waals surface area contributed by atoms with Crippen molar-refractivity contribution in [1.82, 2.24) is 4.98 Å². The Bertz CT molecular complexity index is 623. The van der Waals surface area contributed by atoms with Gasteiger partial charge in [0.25, 0.3) is 0 Å². The first-order valence-electron chi connectivity index (χ1n) is 5.92. The van der Waals surface area contributed by atoms with Crippen molar-refractivity contribution < 1.29 is 13.2 Å². The van der Waals surface area contributed by atoms with Gasteiger partial charge in [-0.1, -0.05) is 12.1 Å². The Hall–Kier alpha value is -2.24. The van der Waals surface area contributed by atoms with Crippen LogP contribution in [-0.2, 0) is 6.18 Å². The maximum atomic E-state index is 12.8. The summed E-state index contributed by atoms with van der Waals surface area (Å²) in [4.78, 5) is 5.53. The van der Waals surface area contributed by atoms with Crippen LogP contribution >= 0.6 is 0 Å². The summed E-state index contributed by atoms with van der Waals surface area (Å²) in [5.74, 6) is -0.00254. The number of pyridine rings is 1. The van der Waals surface area contributed by atoms with Crippen LogP contribution in [0.15, 0.2) is 36.4 Å². The minimum absolute atomic E-state index is 0.155. The maximum Gasteiger partial charge on any atom is 0.416 e. The Balaban J connectivity index is 2.45. The lowest BCUT2D eigenvalue weighted by Gasteiger charge is -2.20. The molecular formula is C14H14F3N3. The number of nitrogen functional groups attached to an aromatic ring is 1. The fourth-order valence-corrected chi connectivity index (χ4v) is 1.84. The summed E-state index contributed by atoms with van der Waals surface area (Å²) in [5.41, 5.74) is 6.41. The highest BCUT2D eigenvalue weighted by Gasteiger charge is 2.31. The summed E-state index contributed by atoms with van der Waals surface area (Å²) in [7, 11) is 1.65. The van der Waals surface area contributed by atoms with Crippen LogP contribution in [-0.4, -0.2) is 12.0 Å². The number of rotatable bonds is 2. The zero-order chi connectivity index (χ0) is 14.9. The SMILES string of the molecule is Cc1cccc(N(C)c2cc(C(F)(F)F)cc(N)n2)c1. The summed E-state index contributed by atoms with van der Waals surface area (Å²) >= 11 is 0. The molecule has 6 heteroatoms. The van der Waals surface area contributed by atoms with Gasteiger partial charge in [-0.25, -0.2) is 4.98 Å². The third-order valence-corrected chi connectivity index (χ3v) is 2.89. The summed E-state index contributed by atoms with van der Waals surface area (Å²) in [6.07, 6.45) is -4.45. The van der Waals surface area contributed by atoms with Gasteiger partial charge in [0.2, 0.25) is 0 Å². The highest BCUT2D eigenvalue weighted by Crippen LogP contribution is 2.33. The summed E-state index contributed by atoms with van der Waals surface area (Å²) in [5, 5.41) is 0. The molecule has 0 aliphatic rings. The lowest BCUT2D eigenvalue weighted by molar-refractivity contribution is -0.137. The molecule has 1 heterocycles. The molecule has 0 bridgehead atoms. The lowest BCUT2D eigenvalue weighted by Crippen LogP contribution is -2.15. The van der Waals surface area contributed by atoms with E-state index in [0.29, 0.717) is 0 Å². The molecule has 0 spiro atoms. The van der Waals surface area contributed by atoms with Crippen molar-refractivity contribution in [2.45, 2.75) is 13.1 Å². The number of halogens is 3. The molecule has 1 aromatic carbocycles. The molecule has 2 rings (SSSR count). The van der Waals surface area contributed by atoms with Crippen molar-refractivity contribution >= 4 is 17.3 Å². The minimum atomic E-state index is -4.45. The molecule has 0 aliphatic heterocycles. The minimum Gasteiger partial charge on any atom is -0.384 e. The second-order valence-electron chi connectivity index (χ2n) is 4.53. The second kappa shape index (κ2) is 5.03. The van der Waals surface area contributed by atoms with Crippen LogP contribution in [0.1, 0.15) is 11.1 Å². The molecule has 3 nitrogen and oxygen atoms in total. The topological polar surface area (TPSA) is 42.1 Å². The Morgan fingerprint density at radius 3 is 2.45 bits per heavy atom. The summed E-state index contributed by atoms with van der Waals surface area (Å²) in [6, 6.07) is 9.21. The highest BCUT2D eigenvalue weighted by molar-refractivity contribution is 5.62. The van der Waals surface area contributed by atoms with Crippen LogP contribution < -0.4 is 10.6 Å². The molecule has 0 saturated carbocycles. The lowest BCUT2D eigenvalue weighted by atomic mass is 10.2. The third kappa shape index (κ3) is 3.01. The Morgan fingerprint density at radius 2 is 1.85 bits per heavy atom. The van der Waals surface area contributed by atoms with Gasteiger partial charge >= 0.3 is 6.18 Å². The number of hydrogen-bond acceptors (Lipinski definition) is 3. The number of benzene rings is 1. The van der Waals surface area contributed by atoms with Gasteiger partial charge in [0.05, 0.1) is 5.56 Å². The molecule has 2 N–H and O–H groups in total. The van der Waals surface area contributed by atoms with Gasteiger partial charge in [0.1, 0.15) is 11.6 Å². The van der Waals surface area contributed by atoms with Crippen molar-refractivity contribution in [3.05, 3.63) is 47.5 Å². The van der Waals surface area contributed by atoms with Gasteiger partial charge in [-0.05, 0) is 36.8 Å². The van der Waals surface area contributed by atoms with Crippen LogP contribution in [0, 0.1) is 6.92 Å². The molecular weight excluding hydrogens is 267 g/mol. The van der Waals surface area contributed by atoms with Crippen LogP contribution in [0.3, 0.4) is 0 Å². The number of alkyl halides is 3. The predicted molar refractivity (Wildman–Crippen MR) is 72.9 cm³/mol. The Morgan fingerprint density at radius 1 is 1.15 bits per heavy atom. The number of nitrogens with two attached hydrogens (primary N) is 1. The average molecular weight is 281 g/mol. The molecule has 106 valence electrons. The van der Waals surface area contributed by atoms with Crippen molar-refractivity contribution in [2.75, 3.05) is 17.7 Å². The molecule has 0 saturated heterocycles. The van der Waals surface area contributed by atoms with E-state index < -0.39 is 11.7 Å². The number of aryl methyl sites for hydroxylation is 1. The zero-order valence-corrected chi connectivity index (χ0v) is 11.1. The van der Waals surface area contributed by atoms with Gasteiger partial charge in [0.15, 0.2) is 0 Å². The first-order chi connectivity index (χ1) is 9.27. The van der Waals surface area contributed by atoms with E-state index in [1.54, 1.807) is 18.0 Å². The third-order valence-electron chi connectivity index (χ3n) is 2.89. The molecule has 0 unspecified atom stereocenters. The molecule has 0 fully saturated rings. The van der Waals surface area contributed by atoms with E-state index in [9.17, 15) is 13.2 Å². The van der Waals surface area contributed by atoms with Gasteiger partial charge in [-0.15, -0.1) is 0 Å². The molecule has 2 aromatic rings. The second-order valence-corrected chi connectivity index (χ2v) is 4.53. The van der Waals surface area contributed by atoms with E-state index in [0.717, 1.165) is 23.4 Å². The van der Waals surface area contributed by atoms with Crippen molar-refractivity contribution in [3.8, 4) is 0 Å². The Labute approximate surface area is 114 Å². The maximum absolute atomic E-state index is 12.8. The molecule has 0 radical (unpaired) electrons. The standard InChI is InChI=1S/C14H14F3N3/c1-9-4-3-5-11(6-9)20(2)13-8-10(14(15,16)17)7-12(18)19-13/h3-8H,1-2H3,(H2,18,19). The Kier molecular flexibility index (Phi) is 3.57. The molecule has 0 atom stereocenters. The number of hydrogen-bond donors (Lipinski definition) is 1. The van der Waals surface area contributed by atoms with Crippen molar-refractivity contribution in [3.63, 3.8) is 0 Å².